The molecule has 0 amide bonds. The summed E-state index contributed by atoms with van der Waals surface area (Å²) in [6.45, 7) is 0. The summed E-state index contributed by atoms with van der Waals surface area (Å²) in [6.07, 6.45) is 0. The van der Waals surface area contributed by atoms with Gasteiger partial charge in [0.2, 0.25) is 11.8 Å². The van der Waals surface area contributed by atoms with Crippen LogP contribution in [0, 0.1) is 0 Å². The van der Waals surface area contributed by atoms with Crippen LogP contribution < -0.4 is 14.8 Å². The summed E-state index contributed by atoms with van der Waals surface area (Å²) in [5.74, 6) is 1.80. The van der Waals surface area contributed by atoms with E-state index in [1.54, 1.807) is 32.4 Å². The van der Waals surface area contributed by atoms with E-state index in [2.05, 4.69) is 15.5 Å². The van der Waals surface area contributed by atoms with Gasteiger partial charge in [-0.15, -0.1) is 10.2 Å². The minimum absolute atomic E-state index is 0.348. The van der Waals surface area contributed by atoms with Crippen LogP contribution in [0.25, 0.3) is 11.5 Å². The van der Waals surface area contributed by atoms with E-state index in [-0.39, 0.29) is 0 Å². The fourth-order valence-electron chi connectivity index (χ4n) is 3.16. The first-order chi connectivity index (χ1) is 15.1. The van der Waals surface area contributed by atoms with Crippen LogP contribution in [0.5, 0.6) is 11.5 Å². The van der Waals surface area contributed by atoms with Gasteiger partial charge in [-0.1, -0.05) is 59.6 Å². The molecule has 6 nitrogen and oxygen atoms in total. The van der Waals surface area contributed by atoms with Crippen molar-refractivity contribution in [1.29, 1.82) is 0 Å². The number of hydrogen-bond donors (Lipinski definition) is 1. The Kier molecular flexibility index (Phi) is 6.30. The molecule has 4 aromatic rings. The SMILES string of the molecule is COc1cc(OC)c(NC(c2nnc(-c3ccccc3)o2)c2ccccc2Cl)cc1Cl. The van der Waals surface area contributed by atoms with Gasteiger partial charge in [-0.05, 0) is 24.3 Å². The molecule has 1 atom stereocenters. The first-order valence-electron chi connectivity index (χ1n) is 9.42. The predicted molar refractivity (Wildman–Crippen MR) is 121 cm³/mol. The summed E-state index contributed by atoms with van der Waals surface area (Å²) in [6, 6.07) is 19.9. The van der Waals surface area contributed by atoms with E-state index < -0.39 is 6.04 Å². The monoisotopic (exact) mass is 455 g/mol. The highest BCUT2D eigenvalue weighted by atomic mass is 35.5. The number of benzene rings is 3. The number of methoxy groups -OCH3 is 2. The van der Waals surface area contributed by atoms with Gasteiger partial charge in [-0.25, -0.2) is 0 Å². The van der Waals surface area contributed by atoms with Gasteiger partial charge in [0, 0.05) is 22.2 Å². The van der Waals surface area contributed by atoms with Crippen LogP contribution in [0.4, 0.5) is 5.69 Å². The minimum Gasteiger partial charge on any atom is -0.495 e. The smallest absolute Gasteiger partial charge is 0.247 e. The Bertz CT molecular complexity index is 1180. The third-order valence-corrected chi connectivity index (χ3v) is 5.34. The van der Waals surface area contributed by atoms with Crippen molar-refractivity contribution in [2.75, 3.05) is 19.5 Å². The molecule has 0 fully saturated rings. The van der Waals surface area contributed by atoms with Gasteiger partial charge in [-0.3, -0.25) is 0 Å². The van der Waals surface area contributed by atoms with Gasteiger partial charge >= 0.3 is 0 Å². The highest BCUT2D eigenvalue weighted by Gasteiger charge is 2.25. The lowest BCUT2D eigenvalue weighted by atomic mass is 10.1. The maximum Gasteiger partial charge on any atom is 0.247 e. The summed E-state index contributed by atoms with van der Waals surface area (Å²) in [5, 5.41) is 12.9. The van der Waals surface area contributed by atoms with Crippen LogP contribution in [0.3, 0.4) is 0 Å². The summed E-state index contributed by atoms with van der Waals surface area (Å²) in [5.41, 5.74) is 2.21. The summed E-state index contributed by atoms with van der Waals surface area (Å²) >= 11 is 12.9. The fourth-order valence-corrected chi connectivity index (χ4v) is 3.64. The Morgan fingerprint density at radius 2 is 1.55 bits per heavy atom. The van der Waals surface area contributed by atoms with Crippen molar-refractivity contribution in [3.05, 3.63) is 88.2 Å². The van der Waals surface area contributed by atoms with Crippen LogP contribution in [-0.2, 0) is 0 Å². The van der Waals surface area contributed by atoms with E-state index in [9.17, 15) is 0 Å². The number of nitrogens with zero attached hydrogens (tertiary/aromatic N) is 2. The molecule has 1 aromatic heterocycles. The van der Waals surface area contributed by atoms with E-state index >= 15 is 0 Å². The molecular weight excluding hydrogens is 437 g/mol. The zero-order valence-corrected chi connectivity index (χ0v) is 18.3. The quantitative estimate of drug-likeness (QED) is 0.354. The second-order valence-corrected chi connectivity index (χ2v) is 7.41. The number of ether oxygens (including phenoxy) is 2. The molecule has 0 bridgehead atoms. The number of anilines is 1. The molecule has 1 N–H and O–H groups in total. The molecule has 31 heavy (non-hydrogen) atoms. The van der Waals surface area contributed by atoms with Crippen LogP contribution in [0.15, 0.2) is 71.1 Å². The molecule has 4 rings (SSSR count). The lowest BCUT2D eigenvalue weighted by Crippen LogP contribution is -2.14. The van der Waals surface area contributed by atoms with E-state index in [1.165, 1.54) is 0 Å². The van der Waals surface area contributed by atoms with Gasteiger partial charge in [0.25, 0.3) is 0 Å². The molecule has 1 heterocycles. The van der Waals surface area contributed by atoms with Crippen molar-refractivity contribution in [1.82, 2.24) is 10.2 Å². The second kappa shape index (κ2) is 9.29. The normalized spacial score (nSPS) is 11.7. The van der Waals surface area contributed by atoms with Crippen molar-refractivity contribution in [2.45, 2.75) is 6.04 Å². The van der Waals surface area contributed by atoms with Gasteiger partial charge in [0.05, 0.1) is 24.9 Å². The third kappa shape index (κ3) is 4.45. The molecule has 0 saturated carbocycles. The van der Waals surface area contributed by atoms with Gasteiger partial charge in [0.1, 0.15) is 17.5 Å². The van der Waals surface area contributed by atoms with Crippen LogP contribution >= 0.6 is 23.2 Å². The molecule has 0 saturated heterocycles. The van der Waals surface area contributed by atoms with Crippen LogP contribution in [-0.4, -0.2) is 24.4 Å². The van der Waals surface area contributed by atoms with Crippen LogP contribution in [0.1, 0.15) is 17.5 Å². The molecule has 1 unspecified atom stereocenters. The van der Waals surface area contributed by atoms with Crippen molar-refractivity contribution < 1.29 is 13.9 Å². The number of aromatic nitrogens is 2. The van der Waals surface area contributed by atoms with E-state index in [0.29, 0.717) is 39.0 Å². The second-order valence-electron chi connectivity index (χ2n) is 6.60. The average molecular weight is 456 g/mol. The molecule has 8 heteroatoms. The molecule has 3 aromatic carbocycles. The topological polar surface area (TPSA) is 69.4 Å². The largest absolute Gasteiger partial charge is 0.495 e. The molecule has 0 radical (unpaired) electrons. The average Bonchev–Trinajstić information content (AvgIpc) is 3.29. The maximum absolute atomic E-state index is 6.50. The van der Waals surface area contributed by atoms with Crippen LogP contribution in [0.2, 0.25) is 10.0 Å². The molecule has 0 aliphatic heterocycles. The van der Waals surface area contributed by atoms with Crippen molar-refractivity contribution in [3.8, 4) is 23.0 Å². The zero-order valence-electron chi connectivity index (χ0n) is 16.8. The first-order valence-corrected chi connectivity index (χ1v) is 10.2. The summed E-state index contributed by atoms with van der Waals surface area (Å²) < 4.78 is 16.8. The lowest BCUT2D eigenvalue weighted by molar-refractivity contribution is 0.395. The maximum atomic E-state index is 6.50. The lowest BCUT2D eigenvalue weighted by Gasteiger charge is -2.20. The number of hydrogen-bond acceptors (Lipinski definition) is 6. The van der Waals surface area contributed by atoms with E-state index in [1.807, 2.05) is 48.5 Å². The summed E-state index contributed by atoms with van der Waals surface area (Å²) in [4.78, 5) is 0. The van der Waals surface area contributed by atoms with Crippen molar-refractivity contribution in [3.63, 3.8) is 0 Å². The molecule has 158 valence electrons. The summed E-state index contributed by atoms with van der Waals surface area (Å²) in [7, 11) is 3.11. The molecule has 0 aliphatic carbocycles. The Morgan fingerprint density at radius 3 is 2.26 bits per heavy atom. The Balaban J connectivity index is 1.78. The van der Waals surface area contributed by atoms with Crippen molar-refractivity contribution in [2.24, 2.45) is 0 Å². The Hall–Kier alpha value is -3.22. The minimum atomic E-state index is -0.544. The third-order valence-electron chi connectivity index (χ3n) is 4.70. The predicted octanol–water partition coefficient (Wildman–Crippen LogP) is 6.26. The molecule has 0 aliphatic rings. The van der Waals surface area contributed by atoms with E-state index in [0.717, 1.165) is 11.1 Å². The first kappa shape index (κ1) is 21.0. The fraction of sp³-hybridized carbons (Fsp3) is 0.130. The van der Waals surface area contributed by atoms with Gasteiger partial charge < -0.3 is 19.2 Å². The number of nitrogens with one attached hydrogen (secondary N) is 1. The molecule has 0 spiro atoms. The standard InChI is InChI=1S/C23H19Cl2N3O3/c1-29-19-13-20(30-2)18(12-17(19)25)26-21(15-10-6-7-11-16(15)24)23-28-27-22(31-23)14-8-4-3-5-9-14/h3-13,21,26H,1-2H3. The zero-order chi connectivity index (χ0) is 21.8. The highest BCUT2D eigenvalue weighted by molar-refractivity contribution is 6.32. The van der Waals surface area contributed by atoms with E-state index in [4.69, 9.17) is 37.1 Å². The number of rotatable bonds is 7. The van der Waals surface area contributed by atoms with Gasteiger partial charge in [-0.2, -0.15) is 0 Å². The Morgan fingerprint density at radius 1 is 0.839 bits per heavy atom. The molecular formula is C23H19Cl2N3O3. The van der Waals surface area contributed by atoms with Gasteiger partial charge in [0.15, 0.2) is 0 Å². The highest BCUT2D eigenvalue weighted by Crippen LogP contribution is 2.39. The number of halogens is 2. The van der Waals surface area contributed by atoms with Crippen molar-refractivity contribution >= 4 is 28.9 Å². The Labute approximate surface area is 189 Å².